The van der Waals surface area contributed by atoms with Gasteiger partial charge in [0.1, 0.15) is 42.7 Å². The lowest BCUT2D eigenvalue weighted by Crippen LogP contribution is -2.68. The molecule has 0 aromatic carbocycles. The molecule has 2 fully saturated rings. The molecule has 2 aliphatic rings. The molecule has 2 rings (SSSR count). The molecule has 200 valence electrons. The minimum atomic E-state index is -5.17. The number of aliphatic carboxylic acids is 1. The molecule has 0 saturated carbocycles. The van der Waals surface area contributed by atoms with Gasteiger partial charge in [0.05, 0.1) is 6.61 Å². The van der Waals surface area contributed by atoms with Crippen LogP contribution < -0.4 is 5.32 Å². The molecule has 0 aromatic heterocycles. The Morgan fingerprint density at radius 2 is 1.53 bits per heavy atom. The average molecular weight is 521 g/mol. The quantitative estimate of drug-likeness (QED) is 0.135. The van der Waals surface area contributed by atoms with Gasteiger partial charge in [0.25, 0.3) is 0 Å². The number of carbonyl (C=O) groups is 2. The summed E-state index contributed by atoms with van der Waals surface area (Å²) in [4.78, 5) is 23.0. The van der Waals surface area contributed by atoms with Gasteiger partial charge in [-0.3, -0.25) is 13.2 Å². The van der Waals surface area contributed by atoms with Gasteiger partial charge in [-0.05, 0) is 0 Å². The van der Waals surface area contributed by atoms with Crippen LogP contribution in [0.2, 0.25) is 0 Å². The molecule has 2 saturated heterocycles. The maximum atomic E-state index is 11.6. The molecule has 10 atom stereocenters. The molecule has 6 N–H and O–H groups in total. The van der Waals surface area contributed by atoms with Crippen LogP contribution in [0.3, 0.4) is 0 Å². The fourth-order valence-corrected chi connectivity index (χ4v) is 3.39. The van der Waals surface area contributed by atoms with Crippen LogP contribution in [-0.2, 0) is 43.7 Å². The van der Waals surface area contributed by atoms with Crippen LogP contribution in [0, 0.1) is 0 Å². The van der Waals surface area contributed by atoms with Gasteiger partial charge >= 0.3 is 5.97 Å². The van der Waals surface area contributed by atoms with Crippen molar-refractivity contribution in [1.29, 1.82) is 0 Å². The summed E-state index contributed by atoms with van der Waals surface area (Å²) in [5.74, 6) is -1.98. The molecule has 0 aromatic rings. The molecule has 34 heavy (non-hydrogen) atoms. The Morgan fingerprint density at radius 1 is 0.971 bits per heavy atom. The highest BCUT2D eigenvalue weighted by molar-refractivity contribution is 7.79. The maximum absolute atomic E-state index is 11.6. The third-order valence-corrected chi connectivity index (χ3v) is 4.81. The lowest BCUT2D eigenvalue weighted by Gasteiger charge is -2.47. The summed E-state index contributed by atoms with van der Waals surface area (Å²) >= 11 is 0. The lowest BCUT2D eigenvalue weighted by molar-refractivity contribution is -0.339. The number of rotatable bonds is 7. The molecular formula is C16H27NO16S-2. The third kappa shape index (κ3) is 8.29. The molecule has 18 heteroatoms. The summed E-state index contributed by atoms with van der Waals surface area (Å²) in [7, 11) is -2.76. The lowest BCUT2D eigenvalue weighted by atomic mass is 9.95. The number of carbonyl (C=O) groups excluding carboxylic acids is 1. The SMILES string of the molecule is CO[C@@H]1O[C@H](CO)[C@H](O)[C@H](O[C@@H]2O[C@@H](C(=O)O)[C@@H](OC)[C@H](O)[C@H]2O)[C@H]1NC(C)=O.O=S(=O)([O-])[O-]. The zero-order chi connectivity index (χ0) is 26.4. The summed E-state index contributed by atoms with van der Waals surface area (Å²) < 4.78 is 60.4. The van der Waals surface area contributed by atoms with Crippen molar-refractivity contribution in [2.24, 2.45) is 0 Å². The number of hydrogen-bond acceptors (Lipinski definition) is 15. The summed E-state index contributed by atoms with van der Waals surface area (Å²) in [6, 6.07) is -1.10. The Hall–Kier alpha value is -1.55. The Kier molecular flexibility index (Phi) is 11.6. The number of carboxylic acid groups (broad SMARTS) is 1. The van der Waals surface area contributed by atoms with Gasteiger partial charge in [-0.2, -0.15) is 0 Å². The Bertz CT molecular complexity index is 771. The third-order valence-electron chi connectivity index (χ3n) is 4.81. The van der Waals surface area contributed by atoms with Crippen molar-refractivity contribution in [3.63, 3.8) is 0 Å². The summed E-state index contributed by atoms with van der Waals surface area (Å²) in [6.45, 7) is 0.585. The van der Waals surface area contributed by atoms with E-state index < -0.39 is 90.2 Å². The van der Waals surface area contributed by atoms with Gasteiger partial charge in [-0.25, -0.2) is 4.79 Å². The van der Waals surface area contributed by atoms with Crippen molar-refractivity contribution >= 4 is 22.3 Å². The second kappa shape index (κ2) is 13.0. The van der Waals surface area contributed by atoms with Gasteiger partial charge in [0.2, 0.25) is 5.91 Å². The van der Waals surface area contributed by atoms with E-state index in [-0.39, 0.29) is 0 Å². The summed E-state index contributed by atoms with van der Waals surface area (Å²) in [6.07, 6.45) is -13.3. The largest absolute Gasteiger partial charge is 0.759 e. The Morgan fingerprint density at radius 3 is 1.94 bits per heavy atom. The highest BCUT2D eigenvalue weighted by Gasteiger charge is 2.53. The predicted octanol–water partition coefficient (Wildman–Crippen LogP) is -5.19. The highest BCUT2D eigenvalue weighted by Crippen LogP contribution is 2.30. The second-order valence-corrected chi connectivity index (χ2v) is 7.95. The second-order valence-electron chi connectivity index (χ2n) is 7.13. The topological polar surface area (TPSA) is 274 Å². The normalized spacial score (nSPS) is 38.4. The predicted molar refractivity (Wildman–Crippen MR) is 101 cm³/mol. The van der Waals surface area contributed by atoms with Crippen LogP contribution in [0.25, 0.3) is 0 Å². The molecule has 0 spiro atoms. The number of methoxy groups -OCH3 is 2. The van der Waals surface area contributed by atoms with Crippen molar-refractivity contribution in [2.45, 2.75) is 68.3 Å². The number of carboxylic acids is 1. The van der Waals surface area contributed by atoms with E-state index in [4.69, 9.17) is 41.2 Å². The van der Waals surface area contributed by atoms with Gasteiger partial charge < -0.3 is 63.6 Å². The van der Waals surface area contributed by atoms with Crippen molar-refractivity contribution in [1.82, 2.24) is 5.32 Å². The standard InChI is InChI=1S/C16H27NO12.H2O4S/c1-5(19)17-7-11(8(20)6(4-18)27-15(7)26-3)28-16-10(22)9(21)12(25-2)13(29-16)14(23)24;1-5(2,3)4/h6-13,15-16,18,20-22H,4H2,1-3H3,(H,17,19)(H,23,24);(H2,1,2,3,4)/p-2/t6-,7-,8+,9-,10-,11-,12+,13-,15-,16-;/m1./s1. The van der Waals surface area contributed by atoms with Gasteiger partial charge in [0, 0.05) is 31.5 Å². The molecular weight excluding hydrogens is 494 g/mol. The van der Waals surface area contributed by atoms with Crippen LogP contribution in [0.15, 0.2) is 0 Å². The van der Waals surface area contributed by atoms with E-state index in [2.05, 4.69) is 5.32 Å². The van der Waals surface area contributed by atoms with Crippen LogP contribution in [0.4, 0.5) is 0 Å². The number of aliphatic hydroxyl groups is 4. The zero-order valence-corrected chi connectivity index (χ0v) is 18.9. The first-order valence-electron chi connectivity index (χ1n) is 9.49. The van der Waals surface area contributed by atoms with Crippen molar-refractivity contribution in [3.8, 4) is 0 Å². The number of nitrogens with one attached hydrogen (secondary N) is 1. The minimum Gasteiger partial charge on any atom is -0.759 e. The maximum Gasteiger partial charge on any atom is 0.335 e. The first-order valence-corrected chi connectivity index (χ1v) is 10.8. The van der Waals surface area contributed by atoms with Crippen molar-refractivity contribution < 1.29 is 76.3 Å². The Labute approximate surface area is 193 Å². The first kappa shape index (κ1) is 30.5. The van der Waals surface area contributed by atoms with E-state index in [0.29, 0.717) is 0 Å². The van der Waals surface area contributed by atoms with Crippen LogP contribution in [0.1, 0.15) is 6.92 Å². The van der Waals surface area contributed by atoms with E-state index in [1.54, 1.807) is 0 Å². The van der Waals surface area contributed by atoms with Gasteiger partial charge in [-0.1, -0.05) is 0 Å². The molecule has 0 unspecified atom stereocenters. The fraction of sp³-hybridized carbons (Fsp3) is 0.875. The van der Waals surface area contributed by atoms with E-state index in [1.165, 1.54) is 14.0 Å². The summed E-state index contributed by atoms with van der Waals surface area (Å²) in [5, 5.41) is 52.3. The van der Waals surface area contributed by atoms with Crippen molar-refractivity contribution in [2.75, 3.05) is 20.8 Å². The molecule has 2 heterocycles. The highest BCUT2D eigenvalue weighted by atomic mass is 32.3. The van der Waals surface area contributed by atoms with E-state index in [9.17, 15) is 35.1 Å². The van der Waals surface area contributed by atoms with Crippen LogP contribution in [-0.4, -0.2) is 137 Å². The molecule has 17 nitrogen and oxygen atoms in total. The number of amides is 1. The number of ether oxygens (including phenoxy) is 5. The fourth-order valence-electron chi connectivity index (χ4n) is 3.39. The van der Waals surface area contributed by atoms with Gasteiger partial charge in [-0.15, -0.1) is 0 Å². The van der Waals surface area contributed by atoms with Crippen molar-refractivity contribution in [3.05, 3.63) is 0 Å². The molecule has 0 bridgehead atoms. The van der Waals surface area contributed by atoms with Gasteiger partial charge in [0.15, 0.2) is 18.7 Å². The molecule has 2 aliphatic heterocycles. The zero-order valence-electron chi connectivity index (χ0n) is 18.1. The van der Waals surface area contributed by atoms with Crippen LogP contribution >= 0.6 is 0 Å². The number of aliphatic hydroxyl groups excluding tert-OH is 4. The molecule has 0 radical (unpaired) electrons. The average Bonchev–Trinajstić information content (AvgIpc) is 2.72. The minimum absolute atomic E-state index is 0.517. The van der Waals surface area contributed by atoms with E-state index in [0.717, 1.165) is 7.11 Å². The molecule has 1 amide bonds. The van der Waals surface area contributed by atoms with E-state index >= 15 is 0 Å². The summed E-state index contributed by atoms with van der Waals surface area (Å²) in [5.41, 5.74) is 0. The smallest absolute Gasteiger partial charge is 0.335 e. The van der Waals surface area contributed by atoms with E-state index in [1.807, 2.05) is 0 Å². The monoisotopic (exact) mass is 521 g/mol. The van der Waals surface area contributed by atoms with Crippen LogP contribution in [0.5, 0.6) is 0 Å². The number of hydrogen-bond donors (Lipinski definition) is 6. The molecule has 0 aliphatic carbocycles. The first-order chi connectivity index (χ1) is 15.7. The Balaban J connectivity index is 0.00000104.